The van der Waals surface area contributed by atoms with Gasteiger partial charge in [0.25, 0.3) is 0 Å². The maximum atomic E-state index is 13.6. The third-order valence-electron chi connectivity index (χ3n) is 6.39. The summed E-state index contributed by atoms with van der Waals surface area (Å²) < 4.78 is 47.1. The van der Waals surface area contributed by atoms with Gasteiger partial charge in [0, 0.05) is 18.5 Å². The molecule has 12 heteroatoms. The summed E-state index contributed by atoms with van der Waals surface area (Å²) in [5, 5.41) is 5.45. The molecule has 0 spiro atoms. The van der Waals surface area contributed by atoms with Crippen LogP contribution >= 0.6 is 0 Å². The zero-order valence-electron chi connectivity index (χ0n) is 19.1. The van der Waals surface area contributed by atoms with E-state index in [4.69, 9.17) is 28.3 Å². The largest absolute Gasteiger partial charge is 0.516 e. The SMILES string of the molecule is [B]C([B])([B])Oc1cccc(C2C(NC)CCN2C(=O)Cn2nc(C3CC3)cc2C(F)(F)F)c1C. The Morgan fingerprint density at radius 3 is 2.53 bits per heavy atom. The van der Waals surface area contributed by atoms with Crippen LogP contribution in [0.5, 0.6) is 5.75 Å². The summed E-state index contributed by atoms with van der Waals surface area (Å²) >= 11 is 0. The van der Waals surface area contributed by atoms with Crippen LogP contribution in [0.25, 0.3) is 0 Å². The molecule has 6 radical (unpaired) electrons. The molecule has 1 aliphatic carbocycles. The van der Waals surface area contributed by atoms with Crippen LogP contribution < -0.4 is 10.1 Å². The Morgan fingerprint density at radius 1 is 1.24 bits per heavy atom. The van der Waals surface area contributed by atoms with E-state index in [0.29, 0.717) is 30.0 Å². The first-order valence-electron chi connectivity index (χ1n) is 11.2. The smallest absolute Gasteiger partial charge is 0.433 e. The van der Waals surface area contributed by atoms with E-state index < -0.39 is 35.7 Å². The number of likely N-dealkylation sites (tertiary alicyclic amines) is 1. The molecule has 2 atom stereocenters. The lowest BCUT2D eigenvalue weighted by Crippen LogP contribution is -2.40. The molecule has 2 aromatic rings. The fourth-order valence-corrected chi connectivity index (χ4v) is 4.59. The second-order valence-corrected chi connectivity index (χ2v) is 9.03. The Balaban J connectivity index is 1.63. The molecule has 6 nitrogen and oxygen atoms in total. The van der Waals surface area contributed by atoms with E-state index in [1.54, 1.807) is 31.0 Å². The zero-order chi connectivity index (χ0) is 24.8. The number of aromatic nitrogens is 2. The number of ether oxygens (including phenoxy) is 1. The van der Waals surface area contributed by atoms with Crippen molar-refractivity contribution in [1.29, 1.82) is 0 Å². The number of alkyl halides is 3. The van der Waals surface area contributed by atoms with Gasteiger partial charge in [-0.15, -0.1) is 0 Å². The summed E-state index contributed by atoms with van der Waals surface area (Å²) in [7, 11) is 18.5. The first-order chi connectivity index (χ1) is 15.9. The molecule has 1 N–H and O–H groups in total. The highest BCUT2D eigenvalue weighted by molar-refractivity contribution is 6.58. The minimum absolute atomic E-state index is 0.0378. The molecule has 2 aliphatic rings. The molecule has 1 saturated heterocycles. The number of nitrogens with zero attached hydrogens (tertiary/aromatic N) is 3. The lowest BCUT2D eigenvalue weighted by Gasteiger charge is -2.32. The van der Waals surface area contributed by atoms with E-state index in [-0.39, 0.29) is 12.0 Å². The quantitative estimate of drug-likeness (QED) is 0.637. The minimum Gasteiger partial charge on any atom is -0.516 e. The molecule has 2 heterocycles. The van der Waals surface area contributed by atoms with Gasteiger partial charge >= 0.3 is 6.18 Å². The van der Waals surface area contributed by atoms with E-state index in [0.717, 1.165) is 29.2 Å². The monoisotopic (exact) mass is 466 g/mol. The number of carbonyl (C=O) groups is 1. The molecule has 1 aromatic carbocycles. The van der Waals surface area contributed by atoms with E-state index in [9.17, 15) is 18.0 Å². The highest BCUT2D eigenvalue weighted by Crippen LogP contribution is 2.42. The van der Waals surface area contributed by atoms with Gasteiger partial charge in [0.05, 0.1) is 11.7 Å². The van der Waals surface area contributed by atoms with Gasteiger partial charge in [0.1, 0.15) is 41.5 Å². The molecule has 0 bridgehead atoms. The topological polar surface area (TPSA) is 59.4 Å². The molecule has 1 aromatic heterocycles. The van der Waals surface area contributed by atoms with Crippen molar-refractivity contribution in [1.82, 2.24) is 20.0 Å². The Morgan fingerprint density at radius 2 is 1.94 bits per heavy atom. The van der Waals surface area contributed by atoms with Crippen molar-refractivity contribution in [2.24, 2.45) is 0 Å². The fraction of sp³-hybridized carbons (Fsp3) is 0.545. The predicted molar refractivity (Wildman–Crippen MR) is 123 cm³/mol. The Labute approximate surface area is 200 Å². The summed E-state index contributed by atoms with van der Waals surface area (Å²) in [5.41, 5.74) is 0.938. The second-order valence-electron chi connectivity index (χ2n) is 9.03. The average Bonchev–Trinajstić information content (AvgIpc) is 3.34. The maximum absolute atomic E-state index is 13.6. The number of nitrogens with one attached hydrogen (secondary N) is 1. The molecule has 2 fully saturated rings. The van der Waals surface area contributed by atoms with Crippen LogP contribution in [0.2, 0.25) is 0 Å². The summed E-state index contributed by atoms with van der Waals surface area (Å²) in [6.45, 7) is 1.68. The van der Waals surface area contributed by atoms with E-state index in [1.807, 2.05) is 6.07 Å². The van der Waals surface area contributed by atoms with Crippen molar-refractivity contribution < 1.29 is 22.7 Å². The van der Waals surface area contributed by atoms with E-state index >= 15 is 0 Å². The minimum atomic E-state index is -4.60. The van der Waals surface area contributed by atoms with Gasteiger partial charge in [-0.2, -0.15) is 18.3 Å². The molecular weight excluding hydrogens is 442 g/mol. The zero-order valence-corrected chi connectivity index (χ0v) is 19.1. The molecular formula is C22H24B3F3N4O2. The van der Waals surface area contributed by atoms with Crippen molar-refractivity contribution in [3.05, 3.63) is 46.8 Å². The van der Waals surface area contributed by atoms with Crippen LogP contribution in [0.1, 0.15) is 53.7 Å². The van der Waals surface area contributed by atoms with Gasteiger partial charge in [-0.3, -0.25) is 9.48 Å². The van der Waals surface area contributed by atoms with Crippen molar-refractivity contribution >= 4 is 29.4 Å². The molecule has 4 rings (SSSR count). The summed E-state index contributed by atoms with van der Waals surface area (Å²) in [6.07, 6.45) is -2.34. The first-order valence-corrected chi connectivity index (χ1v) is 11.2. The Bertz CT molecular complexity index is 1070. The number of amides is 1. The highest BCUT2D eigenvalue weighted by atomic mass is 19.4. The van der Waals surface area contributed by atoms with Gasteiger partial charge in [-0.1, -0.05) is 12.1 Å². The van der Waals surface area contributed by atoms with Gasteiger partial charge in [0.15, 0.2) is 0 Å². The lowest BCUT2D eigenvalue weighted by atomic mass is 9.52. The fourth-order valence-electron chi connectivity index (χ4n) is 4.59. The van der Waals surface area contributed by atoms with Gasteiger partial charge < -0.3 is 15.0 Å². The van der Waals surface area contributed by atoms with Crippen LogP contribution in [-0.2, 0) is 17.5 Å². The number of rotatable bonds is 7. The molecule has 34 heavy (non-hydrogen) atoms. The summed E-state index contributed by atoms with van der Waals surface area (Å²) in [6, 6.07) is 5.75. The number of halogens is 3. The van der Waals surface area contributed by atoms with Gasteiger partial charge in [0.2, 0.25) is 5.91 Å². The second kappa shape index (κ2) is 9.02. The van der Waals surface area contributed by atoms with Crippen molar-refractivity contribution in [2.75, 3.05) is 13.6 Å². The summed E-state index contributed by atoms with van der Waals surface area (Å²) in [5.74, 6) is -0.0503. The standard InChI is InChI=1S/C22H24B3F3N4O2/c1-12-14(4-3-5-17(12)34-22(23,24)25)20-15(29-2)8-9-31(20)19(33)11-32-18(21(26,27)28)10-16(30-32)13-6-7-13/h3-5,10,13,15,20,29H,6-9,11H2,1-2H3. The van der Waals surface area contributed by atoms with Crippen LogP contribution in [0.3, 0.4) is 0 Å². The first kappa shape index (κ1) is 24.8. The Hall–Kier alpha value is -2.36. The highest BCUT2D eigenvalue weighted by Gasteiger charge is 2.41. The Kier molecular flexibility index (Phi) is 6.57. The maximum Gasteiger partial charge on any atom is 0.433 e. The van der Waals surface area contributed by atoms with Crippen LogP contribution in [-0.4, -0.2) is 69.1 Å². The average molecular weight is 466 g/mol. The van der Waals surface area contributed by atoms with Crippen molar-refractivity contribution in [2.45, 2.75) is 62.2 Å². The van der Waals surface area contributed by atoms with Gasteiger partial charge in [-0.05, 0) is 61.8 Å². The molecule has 174 valence electrons. The third-order valence-corrected chi connectivity index (χ3v) is 6.39. The van der Waals surface area contributed by atoms with Crippen LogP contribution in [0.4, 0.5) is 13.2 Å². The predicted octanol–water partition coefficient (Wildman–Crippen LogP) is 2.14. The molecule has 1 amide bonds. The number of hydrogen-bond acceptors (Lipinski definition) is 4. The van der Waals surface area contributed by atoms with E-state index in [1.165, 1.54) is 0 Å². The van der Waals surface area contributed by atoms with Crippen molar-refractivity contribution in [3.8, 4) is 5.75 Å². The normalized spacial score (nSPS) is 21.1. The molecule has 1 aliphatic heterocycles. The van der Waals surface area contributed by atoms with Gasteiger partial charge in [-0.25, -0.2) is 0 Å². The van der Waals surface area contributed by atoms with Crippen LogP contribution in [0.15, 0.2) is 24.3 Å². The number of likely N-dealkylation sites (N-methyl/N-ethyl adjacent to an activating group) is 1. The lowest BCUT2D eigenvalue weighted by molar-refractivity contribution is -0.146. The molecule has 2 unspecified atom stereocenters. The van der Waals surface area contributed by atoms with Crippen LogP contribution in [0, 0.1) is 6.92 Å². The third kappa shape index (κ3) is 5.16. The summed E-state index contributed by atoms with van der Waals surface area (Å²) in [4.78, 5) is 14.9. The molecule has 1 saturated carbocycles. The number of hydrogen-bond donors (Lipinski definition) is 1. The van der Waals surface area contributed by atoms with Crippen molar-refractivity contribution in [3.63, 3.8) is 0 Å². The number of carbonyl (C=O) groups excluding carboxylic acids is 1. The van der Waals surface area contributed by atoms with E-state index in [2.05, 4.69) is 10.4 Å². The number of benzene rings is 1.